The second-order valence-corrected chi connectivity index (χ2v) is 23.0. The Bertz CT molecular complexity index is 2560. The van der Waals surface area contributed by atoms with Crippen LogP contribution in [-0.2, 0) is 53.8 Å². The Hall–Kier alpha value is -6.94. The van der Waals surface area contributed by atoms with E-state index in [1.807, 2.05) is 78.8 Å². The Balaban J connectivity index is 1.71. The minimum Gasteiger partial charge on any atom is -0.352 e. The molecule has 0 radical (unpaired) electrons. The van der Waals surface area contributed by atoms with Crippen LogP contribution in [0.1, 0.15) is 113 Å². The lowest BCUT2D eigenvalue weighted by atomic mass is 9.76. The monoisotopic (exact) mass is 1080 g/mol. The lowest BCUT2D eigenvalue weighted by Crippen LogP contribution is -2.61. The molecule has 418 valence electrons. The van der Waals surface area contributed by atoms with Crippen molar-refractivity contribution >= 4 is 69.0 Å². The van der Waals surface area contributed by atoms with Gasteiger partial charge in [-0.05, 0) is 86.7 Å². The van der Waals surface area contributed by atoms with E-state index in [1.54, 1.807) is 27.9 Å². The van der Waals surface area contributed by atoms with Gasteiger partial charge in [0.05, 0.1) is 17.0 Å². The number of anilines is 1. The number of hydrogen-bond acceptors (Lipinski definition) is 12. The number of likely N-dealkylation sites (N-methyl/N-ethyl adjacent to an activating group) is 2. The quantitative estimate of drug-likeness (QED) is 0.0345. The van der Waals surface area contributed by atoms with Crippen LogP contribution < -0.4 is 42.4 Å². The second-order valence-electron chi connectivity index (χ2n) is 21.4. The largest absolute Gasteiger partial charge is 0.352 e. The number of amides is 10. The number of nitrogens with zero attached hydrogens (tertiary/aromatic N) is 2. The number of nitrogens with one attached hydrogen (secondary N) is 7. The molecule has 3 rings (SSSR count). The normalized spacial score (nSPS) is 15.1. The first kappa shape index (κ1) is 63.4. The third-order valence-corrected chi connectivity index (χ3v) is 14.5. The Morgan fingerprint density at radius 3 is 1.89 bits per heavy atom. The highest BCUT2D eigenvalue weighted by molar-refractivity contribution is 7.90. The molecule has 0 aromatic heterocycles. The zero-order chi connectivity index (χ0) is 57.3. The molecule has 22 heteroatoms. The van der Waals surface area contributed by atoms with Crippen LogP contribution in [0.25, 0.3) is 0 Å². The average molecular weight is 1080 g/mol. The summed E-state index contributed by atoms with van der Waals surface area (Å²) < 4.78 is 29.2. The van der Waals surface area contributed by atoms with Crippen molar-refractivity contribution in [2.45, 2.75) is 148 Å². The maximum atomic E-state index is 14.4. The summed E-state index contributed by atoms with van der Waals surface area (Å²) in [6.45, 7) is 18.3. The van der Waals surface area contributed by atoms with E-state index in [4.69, 9.17) is 5.73 Å². The standard InChI is InChI=1S/C54H80N10O11S/c1-33(2)40(63(12)51(72)46(53(6,7)8)61-50(71)45(56-11)54(9,10)36-20-15-13-16-21-36)32-35(5)47(68)62-76(74,75)38-26-24-37(25-27-38)58-48(69)39(22-19-30-57-52(55)73)59-49(70)44(34(3)4)60-41(65)23-17-14-18-31-64-42(66)28-29-43(64)67/h13,15-16,20-21,24-29,32-34,39-40,44-46,56H,14,17-19,22-23,30-31H2,1-12H3,(H,58,69)(H,59,70)(H,60,65)(H,61,71)(H,62,68)(H3,55,57,73)/t39-,40+,44-,45+,46+/m0/s1. The first-order valence-electron chi connectivity index (χ1n) is 25.6. The summed E-state index contributed by atoms with van der Waals surface area (Å²) in [5.41, 5.74) is 4.87. The fourth-order valence-corrected chi connectivity index (χ4v) is 9.60. The molecule has 2 aromatic rings. The molecule has 0 saturated carbocycles. The van der Waals surface area contributed by atoms with Gasteiger partial charge >= 0.3 is 6.03 Å². The molecule has 0 unspecified atom stereocenters. The Morgan fingerprint density at radius 1 is 0.750 bits per heavy atom. The molecule has 9 N–H and O–H groups in total. The highest BCUT2D eigenvalue weighted by Crippen LogP contribution is 2.29. The Labute approximate surface area is 447 Å². The van der Waals surface area contributed by atoms with E-state index >= 15 is 0 Å². The molecule has 2 aromatic carbocycles. The van der Waals surface area contributed by atoms with Crippen LogP contribution in [0.3, 0.4) is 0 Å². The molecule has 10 amide bonds. The number of sulfonamides is 1. The number of benzene rings is 2. The molecule has 76 heavy (non-hydrogen) atoms. The molecule has 1 heterocycles. The molecular weight excluding hydrogens is 997 g/mol. The lowest BCUT2D eigenvalue weighted by Gasteiger charge is -2.40. The molecule has 0 saturated heterocycles. The minimum atomic E-state index is -4.48. The molecule has 21 nitrogen and oxygen atoms in total. The van der Waals surface area contributed by atoms with E-state index in [0.717, 1.165) is 10.5 Å². The van der Waals surface area contributed by atoms with Crippen LogP contribution in [0.2, 0.25) is 0 Å². The van der Waals surface area contributed by atoms with Crippen LogP contribution in [0, 0.1) is 17.3 Å². The van der Waals surface area contributed by atoms with Crippen molar-refractivity contribution in [3.8, 4) is 0 Å². The average Bonchev–Trinajstić information content (AvgIpc) is 3.66. The van der Waals surface area contributed by atoms with E-state index in [-0.39, 0.29) is 72.1 Å². The summed E-state index contributed by atoms with van der Waals surface area (Å²) in [5, 5.41) is 16.6. The van der Waals surface area contributed by atoms with Crippen molar-refractivity contribution in [1.82, 2.24) is 41.1 Å². The van der Waals surface area contributed by atoms with Gasteiger partial charge in [0.1, 0.15) is 18.1 Å². The molecule has 5 atom stereocenters. The molecule has 0 bridgehead atoms. The van der Waals surface area contributed by atoms with E-state index < -0.39 is 92.5 Å². The van der Waals surface area contributed by atoms with Gasteiger partial charge < -0.3 is 42.5 Å². The number of urea groups is 1. The molecule has 1 aliphatic heterocycles. The molecule has 0 fully saturated rings. The van der Waals surface area contributed by atoms with E-state index in [2.05, 4.69) is 36.6 Å². The number of unbranched alkanes of at least 4 members (excludes halogenated alkanes) is 2. The topological polar surface area (TPSA) is 304 Å². The maximum absolute atomic E-state index is 14.4. The predicted molar refractivity (Wildman–Crippen MR) is 289 cm³/mol. The van der Waals surface area contributed by atoms with Gasteiger partial charge in [0.2, 0.25) is 29.5 Å². The molecule has 0 spiro atoms. The van der Waals surface area contributed by atoms with Gasteiger partial charge in [0.25, 0.3) is 27.7 Å². The number of primary amides is 1. The predicted octanol–water partition coefficient (Wildman–Crippen LogP) is 3.52. The van der Waals surface area contributed by atoms with E-state index in [1.165, 1.54) is 54.3 Å². The van der Waals surface area contributed by atoms with Crippen molar-refractivity contribution in [1.29, 1.82) is 0 Å². The number of carbonyl (C=O) groups excluding carboxylic acids is 9. The summed E-state index contributed by atoms with van der Waals surface area (Å²) in [6.07, 6.45) is 5.69. The maximum Gasteiger partial charge on any atom is 0.312 e. The van der Waals surface area contributed by atoms with Gasteiger partial charge in [-0.3, -0.25) is 43.3 Å². The summed E-state index contributed by atoms with van der Waals surface area (Å²) in [6, 6.07) is 9.09. The van der Waals surface area contributed by atoms with Gasteiger partial charge in [-0.25, -0.2) is 17.9 Å². The van der Waals surface area contributed by atoms with Crippen LogP contribution in [0.5, 0.6) is 0 Å². The number of imide groups is 1. The summed E-state index contributed by atoms with van der Waals surface area (Å²) in [5.74, 6) is -4.92. The lowest BCUT2D eigenvalue weighted by molar-refractivity contribution is -0.141. The molecule has 0 aliphatic carbocycles. The number of carbonyl (C=O) groups is 9. The van der Waals surface area contributed by atoms with Gasteiger partial charge in [-0.2, -0.15) is 0 Å². The van der Waals surface area contributed by atoms with Crippen molar-refractivity contribution in [3.05, 3.63) is 84.0 Å². The number of hydrogen-bond donors (Lipinski definition) is 8. The molecular formula is C54H80N10O11S. The highest BCUT2D eigenvalue weighted by atomic mass is 32.2. The van der Waals surface area contributed by atoms with Crippen LogP contribution >= 0.6 is 0 Å². The van der Waals surface area contributed by atoms with E-state index in [0.29, 0.717) is 19.3 Å². The SMILES string of the molecule is CN[C@H](C(=O)N[C@H](C(=O)N(C)[C@H](C=C(C)C(=O)NS(=O)(=O)c1ccc(NC(=O)[C@H](CCCNC(N)=O)NC(=O)[C@@H](NC(=O)CCCCCN2C(=O)C=CC2=O)C(C)C)cc1)C(C)C)C(C)(C)C)C(C)(C)c1ccccc1. The zero-order valence-electron chi connectivity index (χ0n) is 46.0. The van der Waals surface area contributed by atoms with Crippen LogP contribution in [-0.4, -0.2) is 129 Å². The fraction of sp³-hybridized carbons (Fsp3) is 0.537. The number of rotatable bonds is 28. The highest BCUT2D eigenvalue weighted by Gasteiger charge is 2.42. The Morgan fingerprint density at radius 2 is 1.36 bits per heavy atom. The van der Waals surface area contributed by atoms with Gasteiger partial charge in [0.15, 0.2) is 0 Å². The van der Waals surface area contributed by atoms with E-state index in [9.17, 15) is 51.6 Å². The summed E-state index contributed by atoms with van der Waals surface area (Å²) >= 11 is 0. The third kappa shape index (κ3) is 18.4. The van der Waals surface area contributed by atoms with Crippen molar-refractivity contribution in [3.63, 3.8) is 0 Å². The third-order valence-electron chi connectivity index (χ3n) is 13.2. The first-order chi connectivity index (χ1) is 35.4. The Kier molecular flexibility index (Phi) is 23.6. The van der Waals surface area contributed by atoms with Gasteiger partial charge in [-0.1, -0.05) is 105 Å². The van der Waals surface area contributed by atoms with Gasteiger partial charge in [-0.15, -0.1) is 0 Å². The first-order valence-corrected chi connectivity index (χ1v) is 27.0. The minimum absolute atomic E-state index is 0.00104. The van der Waals surface area contributed by atoms with Crippen molar-refractivity contribution in [2.24, 2.45) is 23.0 Å². The fourth-order valence-electron chi connectivity index (χ4n) is 8.58. The van der Waals surface area contributed by atoms with Crippen molar-refractivity contribution in [2.75, 3.05) is 32.5 Å². The van der Waals surface area contributed by atoms with Crippen molar-refractivity contribution < 1.29 is 51.6 Å². The van der Waals surface area contributed by atoms with Crippen LogP contribution in [0.15, 0.2) is 83.3 Å². The second kappa shape index (κ2) is 28.3. The molecule has 1 aliphatic rings. The number of nitrogens with two attached hydrogens (primary N) is 1. The van der Waals surface area contributed by atoms with Gasteiger partial charge in [0, 0.05) is 55.4 Å². The van der Waals surface area contributed by atoms with Crippen LogP contribution in [0.4, 0.5) is 10.5 Å². The summed E-state index contributed by atoms with van der Waals surface area (Å²) in [7, 11) is -1.23. The zero-order valence-corrected chi connectivity index (χ0v) is 46.8. The smallest absolute Gasteiger partial charge is 0.312 e. The summed E-state index contributed by atoms with van der Waals surface area (Å²) in [4.78, 5) is 119.